The van der Waals surface area contributed by atoms with Crippen LogP contribution >= 0.6 is 11.8 Å². The summed E-state index contributed by atoms with van der Waals surface area (Å²) in [5.41, 5.74) is 2.44. The molecule has 0 fully saturated rings. The third-order valence-electron chi connectivity index (χ3n) is 4.30. The molecule has 0 aliphatic heterocycles. The fourth-order valence-corrected chi connectivity index (χ4v) is 3.67. The molecule has 1 unspecified atom stereocenters. The minimum Gasteiger partial charge on any atom is -0.497 e. The maximum absolute atomic E-state index is 12.9. The number of benzene rings is 2. The van der Waals surface area contributed by atoms with E-state index in [4.69, 9.17) is 9.47 Å². The quantitative estimate of drug-likeness (QED) is 0.430. The standard InChI is InChI=1S/C22H23N3O3S/c1-4-20(22(26)25-17-11-10-16(27-2)12-19(17)28-3)29-21-13-18(23-14-24-21)15-8-6-5-7-9-15/h5-14,20H,4H2,1-3H3,(H,25,26). The number of carbonyl (C=O) groups excluding carboxylic acids is 1. The first kappa shape index (κ1) is 20.7. The van der Waals surface area contributed by atoms with Gasteiger partial charge in [0.15, 0.2) is 0 Å². The van der Waals surface area contributed by atoms with Gasteiger partial charge in [0.05, 0.1) is 30.9 Å². The van der Waals surface area contributed by atoms with Crippen LogP contribution in [0.4, 0.5) is 5.69 Å². The van der Waals surface area contributed by atoms with Crippen LogP contribution in [-0.4, -0.2) is 35.3 Å². The number of nitrogens with zero attached hydrogens (tertiary/aromatic N) is 2. The summed E-state index contributed by atoms with van der Waals surface area (Å²) in [6.07, 6.45) is 2.18. The first-order chi connectivity index (χ1) is 14.1. The van der Waals surface area contributed by atoms with E-state index in [1.54, 1.807) is 32.4 Å². The van der Waals surface area contributed by atoms with E-state index in [9.17, 15) is 4.79 Å². The lowest BCUT2D eigenvalue weighted by atomic mass is 10.1. The van der Waals surface area contributed by atoms with E-state index < -0.39 is 0 Å². The van der Waals surface area contributed by atoms with Crippen molar-refractivity contribution in [3.63, 3.8) is 0 Å². The van der Waals surface area contributed by atoms with Gasteiger partial charge in [0.25, 0.3) is 0 Å². The first-order valence-corrected chi connectivity index (χ1v) is 10.1. The minimum atomic E-state index is -0.305. The number of hydrogen-bond acceptors (Lipinski definition) is 6. The van der Waals surface area contributed by atoms with Crippen molar-refractivity contribution in [1.82, 2.24) is 9.97 Å². The van der Waals surface area contributed by atoms with Gasteiger partial charge in [0, 0.05) is 11.6 Å². The van der Waals surface area contributed by atoms with Crippen LogP contribution in [0.3, 0.4) is 0 Å². The number of nitrogens with one attached hydrogen (secondary N) is 1. The Morgan fingerprint density at radius 3 is 2.55 bits per heavy atom. The number of aromatic nitrogens is 2. The van der Waals surface area contributed by atoms with Gasteiger partial charge in [-0.1, -0.05) is 49.0 Å². The van der Waals surface area contributed by atoms with Gasteiger partial charge in [-0.2, -0.15) is 0 Å². The molecule has 0 radical (unpaired) electrons. The highest BCUT2D eigenvalue weighted by Crippen LogP contribution is 2.31. The summed E-state index contributed by atoms with van der Waals surface area (Å²) in [5.74, 6) is 1.10. The van der Waals surface area contributed by atoms with Crippen LogP contribution < -0.4 is 14.8 Å². The van der Waals surface area contributed by atoms with Crippen LogP contribution in [-0.2, 0) is 4.79 Å². The number of carbonyl (C=O) groups is 1. The third-order valence-corrected chi connectivity index (χ3v) is 5.60. The molecule has 1 heterocycles. The Kier molecular flexibility index (Phi) is 7.08. The topological polar surface area (TPSA) is 73.3 Å². The van der Waals surface area contributed by atoms with Crippen LogP contribution in [0.1, 0.15) is 13.3 Å². The van der Waals surface area contributed by atoms with Crippen LogP contribution in [0.25, 0.3) is 11.3 Å². The van der Waals surface area contributed by atoms with Crippen LogP contribution in [0.15, 0.2) is 66.0 Å². The molecule has 3 aromatic rings. The molecule has 1 N–H and O–H groups in total. The van der Waals surface area contributed by atoms with Crippen LogP contribution in [0, 0.1) is 0 Å². The van der Waals surface area contributed by atoms with Crippen molar-refractivity contribution >= 4 is 23.4 Å². The van der Waals surface area contributed by atoms with Crippen molar-refractivity contribution in [3.8, 4) is 22.8 Å². The van der Waals surface area contributed by atoms with Crippen molar-refractivity contribution in [2.75, 3.05) is 19.5 Å². The lowest BCUT2D eigenvalue weighted by molar-refractivity contribution is -0.115. The summed E-state index contributed by atoms with van der Waals surface area (Å²) < 4.78 is 10.6. The van der Waals surface area contributed by atoms with Gasteiger partial charge in [-0.05, 0) is 24.6 Å². The third kappa shape index (κ3) is 5.26. The summed E-state index contributed by atoms with van der Waals surface area (Å²) in [4.78, 5) is 21.5. The summed E-state index contributed by atoms with van der Waals surface area (Å²) in [7, 11) is 3.14. The number of rotatable bonds is 8. The van der Waals surface area contributed by atoms with Crippen molar-refractivity contribution in [2.24, 2.45) is 0 Å². The van der Waals surface area contributed by atoms with Crippen molar-refractivity contribution < 1.29 is 14.3 Å². The molecular weight excluding hydrogens is 386 g/mol. The second-order valence-electron chi connectivity index (χ2n) is 6.18. The first-order valence-electron chi connectivity index (χ1n) is 9.21. The summed E-state index contributed by atoms with van der Waals surface area (Å²) >= 11 is 1.42. The Labute approximate surface area is 174 Å². The molecule has 2 aromatic carbocycles. The van der Waals surface area contributed by atoms with Gasteiger partial charge in [-0.3, -0.25) is 4.79 Å². The number of methoxy groups -OCH3 is 2. The number of hydrogen-bond donors (Lipinski definition) is 1. The van der Waals surface area contributed by atoms with E-state index in [1.165, 1.54) is 18.1 Å². The van der Waals surface area contributed by atoms with Gasteiger partial charge in [-0.15, -0.1) is 0 Å². The molecule has 0 saturated heterocycles. The number of ether oxygens (including phenoxy) is 2. The van der Waals surface area contributed by atoms with E-state index in [-0.39, 0.29) is 11.2 Å². The van der Waals surface area contributed by atoms with E-state index in [0.29, 0.717) is 23.6 Å². The average molecular weight is 410 g/mol. The molecule has 150 valence electrons. The van der Waals surface area contributed by atoms with E-state index in [0.717, 1.165) is 16.3 Å². The predicted molar refractivity (Wildman–Crippen MR) is 116 cm³/mol. The van der Waals surface area contributed by atoms with E-state index >= 15 is 0 Å². The second kappa shape index (κ2) is 9.93. The molecule has 0 spiro atoms. The summed E-state index contributed by atoms with van der Waals surface area (Å²) in [6, 6.07) is 17.1. The average Bonchev–Trinajstić information content (AvgIpc) is 2.78. The maximum Gasteiger partial charge on any atom is 0.238 e. The minimum absolute atomic E-state index is 0.110. The van der Waals surface area contributed by atoms with Crippen molar-refractivity contribution in [1.29, 1.82) is 0 Å². The Bertz CT molecular complexity index is 967. The molecule has 0 aliphatic carbocycles. The monoisotopic (exact) mass is 409 g/mol. The van der Waals surface area contributed by atoms with Crippen LogP contribution in [0.5, 0.6) is 11.5 Å². The lowest BCUT2D eigenvalue weighted by Crippen LogP contribution is -2.25. The Hall–Kier alpha value is -3.06. The lowest BCUT2D eigenvalue weighted by Gasteiger charge is -2.16. The molecule has 3 rings (SSSR count). The molecule has 0 bridgehead atoms. The molecule has 1 atom stereocenters. The van der Waals surface area contributed by atoms with Gasteiger partial charge < -0.3 is 14.8 Å². The maximum atomic E-state index is 12.9. The molecule has 0 aliphatic rings. The molecule has 7 heteroatoms. The molecule has 1 amide bonds. The van der Waals surface area contributed by atoms with E-state index in [1.807, 2.05) is 43.3 Å². The van der Waals surface area contributed by atoms with Crippen molar-refractivity contribution in [2.45, 2.75) is 23.6 Å². The predicted octanol–water partition coefficient (Wildman–Crippen LogP) is 4.67. The highest BCUT2D eigenvalue weighted by Gasteiger charge is 2.20. The number of thioether (sulfide) groups is 1. The Balaban J connectivity index is 1.74. The highest BCUT2D eigenvalue weighted by molar-refractivity contribution is 8.00. The molecule has 1 aromatic heterocycles. The summed E-state index contributed by atoms with van der Waals surface area (Å²) in [5, 5.41) is 3.39. The zero-order chi connectivity index (χ0) is 20.6. The molecule has 6 nitrogen and oxygen atoms in total. The second-order valence-corrected chi connectivity index (χ2v) is 7.40. The van der Waals surface area contributed by atoms with E-state index in [2.05, 4.69) is 15.3 Å². The SMILES string of the molecule is CCC(Sc1cc(-c2ccccc2)ncn1)C(=O)Nc1ccc(OC)cc1OC. The highest BCUT2D eigenvalue weighted by atomic mass is 32.2. The zero-order valence-corrected chi connectivity index (χ0v) is 17.4. The van der Waals surface area contributed by atoms with Gasteiger partial charge in [-0.25, -0.2) is 9.97 Å². The Morgan fingerprint density at radius 1 is 1.07 bits per heavy atom. The van der Waals surface area contributed by atoms with Gasteiger partial charge >= 0.3 is 0 Å². The summed E-state index contributed by atoms with van der Waals surface area (Å²) in [6.45, 7) is 1.97. The Morgan fingerprint density at radius 2 is 1.86 bits per heavy atom. The smallest absolute Gasteiger partial charge is 0.238 e. The number of anilines is 1. The van der Waals surface area contributed by atoms with Gasteiger partial charge in [0.1, 0.15) is 22.9 Å². The fourth-order valence-electron chi connectivity index (χ4n) is 2.75. The zero-order valence-electron chi connectivity index (χ0n) is 16.6. The number of amides is 1. The van der Waals surface area contributed by atoms with Gasteiger partial charge in [0.2, 0.25) is 5.91 Å². The molecule has 29 heavy (non-hydrogen) atoms. The van der Waals surface area contributed by atoms with Crippen LogP contribution in [0.2, 0.25) is 0 Å². The molecule has 0 saturated carbocycles. The molecular formula is C22H23N3O3S. The fraction of sp³-hybridized carbons (Fsp3) is 0.227. The normalized spacial score (nSPS) is 11.6. The largest absolute Gasteiger partial charge is 0.497 e. The van der Waals surface area contributed by atoms with Crippen molar-refractivity contribution in [3.05, 3.63) is 60.9 Å².